The number of nitrogens with zero attached hydrogens (tertiary/aromatic N) is 2. The van der Waals surface area contributed by atoms with E-state index < -0.39 is 5.41 Å². The van der Waals surface area contributed by atoms with Crippen molar-refractivity contribution in [2.45, 2.75) is 43.4 Å². The molecule has 2 aromatic rings. The van der Waals surface area contributed by atoms with Gasteiger partial charge in [-0.15, -0.1) is 0 Å². The van der Waals surface area contributed by atoms with Crippen molar-refractivity contribution in [3.8, 4) is 0 Å². The van der Waals surface area contributed by atoms with E-state index in [2.05, 4.69) is 10.2 Å². The minimum atomic E-state index is -0.516. The number of aromatic nitrogens is 2. The molecular formula is C19H22FN3O. The van der Waals surface area contributed by atoms with Crippen LogP contribution in [0.1, 0.15) is 49.3 Å². The summed E-state index contributed by atoms with van der Waals surface area (Å²) in [6, 6.07) is 8.57. The quantitative estimate of drug-likeness (QED) is 0.939. The lowest BCUT2D eigenvalue weighted by molar-refractivity contribution is -0.142. The molecule has 5 heteroatoms. The molecule has 1 aliphatic heterocycles. The first-order valence-corrected chi connectivity index (χ1v) is 8.74. The van der Waals surface area contributed by atoms with E-state index in [1.54, 1.807) is 12.3 Å². The second kappa shape index (κ2) is 6.04. The van der Waals surface area contributed by atoms with Gasteiger partial charge >= 0.3 is 0 Å². The molecule has 2 fully saturated rings. The molecule has 1 saturated carbocycles. The van der Waals surface area contributed by atoms with E-state index in [0.717, 1.165) is 56.5 Å². The summed E-state index contributed by atoms with van der Waals surface area (Å²) in [4.78, 5) is 15.3. The maximum atomic E-state index is 13.7. The highest BCUT2D eigenvalue weighted by Gasteiger charge is 2.48. The molecule has 0 bridgehead atoms. The standard InChI is InChI=1S/C19H22FN3O/c20-16-6-1-5-15(12-16)19(8-3-9-19)18(24)23-11-2-4-14(13-23)17-7-10-21-22-17/h1,5-7,10,12,14H,2-4,8-9,11,13H2,(H,21,22). The van der Waals surface area contributed by atoms with Crippen molar-refractivity contribution in [1.29, 1.82) is 0 Å². The van der Waals surface area contributed by atoms with Crippen LogP contribution in [0.5, 0.6) is 0 Å². The highest BCUT2D eigenvalue weighted by molar-refractivity contribution is 5.89. The Hall–Kier alpha value is -2.17. The number of rotatable bonds is 3. The Morgan fingerprint density at radius 3 is 2.83 bits per heavy atom. The number of hydrogen-bond acceptors (Lipinski definition) is 2. The topological polar surface area (TPSA) is 49.0 Å². The fourth-order valence-electron chi connectivity index (χ4n) is 4.15. The second-order valence-electron chi connectivity index (χ2n) is 7.05. The van der Waals surface area contributed by atoms with Crippen LogP contribution in [0.25, 0.3) is 0 Å². The maximum absolute atomic E-state index is 13.7. The van der Waals surface area contributed by atoms with E-state index in [-0.39, 0.29) is 11.7 Å². The molecule has 24 heavy (non-hydrogen) atoms. The van der Waals surface area contributed by atoms with Crippen LogP contribution < -0.4 is 0 Å². The molecule has 126 valence electrons. The zero-order valence-corrected chi connectivity index (χ0v) is 13.7. The predicted molar refractivity (Wildman–Crippen MR) is 89.1 cm³/mol. The molecule has 0 radical (unpaired) electrons. The SMILES string of the molecule is O=C(N1CCCC(c2ccn[nH]2)C1)C1(c2cccc(F)c2)CCC1. The van der Waals surface area contributed by atoms with Crippen LogP contribution in [-0.4, -0.2) is 34.1 Å². The van der Waals surface area contributed by atoms with Gasteiger partial charge < -0.3 is 4.90 Å². The average molecular weight is 327 g/mol. The molecule has 4 nitrogen and oxygen atoms in total. The Balaban J connectivity index is 1.57. The molecule has 2 heterocycles. The Morgan fingerprint density at radius 2 is 2.17 bits per heavy atom. The van der Waals surface area contributed by atoms with Gasteiger partial charge in [0.2, 0.25) is 5.91 Å². The highest BCUT2D eigenvalue weighted by atomic mass is 19.1. The van der Waals surface area contributed by atoms with E-state index in [0.29, 0.717) is 5.92 Å². The first kappa shape index (κ1) is 15.4. The fourth-order valence-corrected chi connectivity index (χ4v) is 4.15. The van der Waals surface area contributed by atoms with E-state index >= 15 is 0 Å². The van der Waals surface area contributed by atoms with Gasteiger partial charge in [-0.1, -0.05) is 18.6 Å². The minimum Gasteiger partial charge on any atom is -0.341 e. The van der Waals surface area contributed by atoms with Gasteiger partial charge in [-0.3, -0.25) is 9.89 Å². The van der Waals surface area contributed by atoms with Gasteiger partial charge in [0.15, 0.2) is 0 Å². The van der Waals surface area contributed by atoms with Crippen LogP contribution >= 0.6 is 0 Å². The van der Waals surface area contributed by atoms with Crippen molar-refractivity contribution in [1.82, 2.24) is 15.1 Å². The normalized spacial score (nSPS) is 22.9. The summed E-state index contributed by atoms with van der Waals surface area (Å²) in [5.41, 5.74) is 1.42. The molecule has 4 rings (SSSR count). The zero-order valence-electron chi connectivity index (χ0n) is 13.7. The summed E-state index contributed by atoms with van der Waals surface area (Å²) in [6.45, 7) is 1.51. The monoisotopic (exact) mass is 327 g/mol. The molecule has 0 spiro atoms. The van der Waals surface area contributed by atoms with Gasteiger partial charge in [0.1, 0.15) is 5.82 Å². The predicted octanol–water partition coefficient (Wildman–Crippen LogP) is 3.38. The maximum Gasteiger partial charge on any atom is 0.233 e. The summed E-state index contributed by atoms with van der Waals surface area (Å²) in [7, 11) is 0. The van der Waals surface area contributed by atoms with Crippen LogP contribution in [0.4, 0.5) is 4.39 Å². The fraction of sp³-hybridized carbons (Fsp3) is 0.474. The Bertz CT molecular complexity index is 724. The van der Waals surface area contributed by atoms with Crippen LogP contribution in [0.3, 0.4) is 0 Å². The number of aromatic amines is 1. The lowest BCUT2D eigenvalue weighted by atomic mass is 9.63. The number of benzene rings is 1. The number of carbonyl (C=O) groups is 1. The number of nitrogens with one attached hydrogen (secondary N) is 1. The molecule has 1 aliphatic carbocycles. The summed E-state index contributed by atoms with van der Waals surface area (Å²) >= 11 is 0. The Morgan fingerprint density at radius 1 is 1.29 bits per heavy atom. The Labute approximate surface area is 141 Å². The van der Waals surface area contributed by atoms with Crippen molar-refractivity contribution in [3.05, 3.63) is 53.6 Å². The lowest BCUT2D eigenvalue weighted by Gasteiger charge is -2.45. The van der Waals surface area contributed by atoms with Crippen LogP contribution in [-0.2, 0) is 10.2 Å². The van der Waals surface area contributed by atoms with Crippen molar-refractivity contribution >= 4 is 5.91 Å². The van der Waals surface area contributed by atoms with Gasteiger partial charge in [0.25, 0.3) is 0 Å². The molecule has 1 aromatic heterocycles. The van der Waals surface area contributed by atoms with Gasteiger partial charge in [-0.2, -0.15) is 5.10 Å². The number of amides is 1. The Kier molecular flexibility index (Phi) is 3.87. The van der Waals surface area contributed by atoms with E-state index in [1.807, 2.05) is 17.0 Å². The third-order valence-corrected chi connectivity index (χ3v) is 5.66. The number of likely N-dealkylation sites (tertiary alicyclic amines) is 1. The van der Waals surface area contributed by atoms with E-state index in [9.17, 15) is 9.18 Å². The summed E-state index contributed by atoms with van der Waals surface area (Å²) < 4.78 is 13.7. The number of piperidine rings is 1. The molecule has 1 unspecified atom stereocenters. The van der Waals surface area contributed by atoms with Crippen molar-refractivity contribution in [2.75, 3.05) is 13.1 Å². The third-order valence-electron chi connectivity index (χ3n) is 5.66. The van der Waals surface area contributed by atoms with Crippen LogP contribution in [0, 0.1) is 5.82 Å². The highest BCUT2D eigenvalue weighted by Crippen LogP contribution is 2.46. The molecular weight excluding hydrogens is 305 g/mol. The van der Waals surface area contributed by atoms with Crippen molar-refractivity contribution in [3.63, 3.8) is 0 Å². The van der Waals surface area contributed by atoms with Gasteiger partial charge in [0.05, 0.1) is 5.41 Å². The first-order chi connectivity index (χ1) is 11.7. The van der Waals surface area contributed by atoms with E-state index in [4.69, 9.17) is 0 Å². The lowest BCUT2D eigenvalue weighted by Crippen LogP contribution is -2.53. The van der Waals surface area contributed by atoms with Crippen LogP contribution in [0.15, 0.2) is 36.5 Å². The van der Waals surface area contributed by atoms with E-state index in [1.165, 1.54) is 12.1 Å². The minimum absolute atomic E-state index is 0.170. The third kappa shape index (κ3) is 2.52. The number of H-pyrrole nitrogens is 1. The first-order valence-electron chi connectivity index (χ1n) is 8.74. The summed E-state index contributed by atoms with van der Waals surface area (Å²) in [5, 5.41) is 7.07. The second-order valence-corrected chi connectivity index (χ2v) is 7.05. The molecule has 1 aromatic carbocycles. The average Bonchev–Trinajstić information content (AvgIpc) is 3.08. The van der Waals surface area contributed by atoms with Crippen molar-refractivity contribution in [2.24, 2.45) is 0 Å². The molecule has 1 amide bonds. The summed E-state index contributed by atoms with van der Waals surface area (Å²) in [6.07, 6.45) is 6.49. The van der Waals surface area contributed by atoms with Crippen LogP contribution in [0.2, 0.25) is 0 Å². The zero-order chi connectivity index (χ0) is 16.6. The van der Waals surface area contributed by atoms with Gasteiger partial charge in [-0.05, 0) is 49.4 Å². The summed E-state index contributed by atoms with van der Waals surface area (Å²) in [5.74, 6) is 0.221. The van der Waals surface area contributed by atoms with Gasteiger partial charge in [-0.25, -0.2) is 4.39 Å². The molecule has 1 atom stereocenters. The van der Waals surface area contributed by atoms with Gasteiger partial charge in [0, 0.05) is 30.9 Å². The number of carbonyl (C=O) groups excluding carboxylic acids is 1. The number of halogens is 1. The smallest absolute Gasteiger partial charge is 0.233 e. The molecule has 1 saturated heterocycles. The van der Waals surface area contributed by atoms with Crippen molar-refractivity contribution < 1.29 is 9.18 Å². The largest absolute Gasteiger partial charge is 0.341 e. The number of hydrogen-bond donors (Lipinski definition) is 1. The molecule has 2 aliphatic rings. The molecule has 1 N–H and O–H groups in total.